The van der Waals surface area contributed by atoms with Crippen molar-refractivity contribution in [3.63, 3.8) is 0 Å². The lowest BCUT2D eigenvalue weighted by Crippen LogP contribution is -2.50. The number of nitrogens with one attached hydrogen (secondary N) is 1. The molecule has 160 valence electrons. The second kappa shape index (κ2) is 8.20. The molecule has 0 radical (unpaired) electrons. The second-order valence-corrected chi connectivity index (χ2v) is 11.3. The number of hydrogen-bond acceptors (Lipinski definition) is 3. The smallest absolute Gasteiger partial charge is 0.226 e. The van der Waals surface area contributed by atoms with E-state index in [4.69, 9.17) is 4.99 Å². The Kier molecular flexibility index (Phi) is 5.61. The van der Waals surface area contributed by atoms with Crippen molar-refractivity contribution in [2.24, 2.45) is 22.7 Å². The molecule has 1 N–H and O–H groups in total. The van der Waals surface area contributed by atoms with Crippen LogP contribution >= 0.6 is 11.3 Å². The Labute approximate surface area is 179 Å². The van der Waals surface area contributed by atoms with E-state index >= 15 is 0 Å². The third kappa shape index (κ3) is 4.22. The van der Waals surface area contributed by atoms with Crippen LogP contribution in [0, 0.1) is 17.8 Å². The van der Waals surface area contributed by atoms with Crippen LogP contribution < -0.4 is 10.1 Å². The van der Waals surface area contributed by atoms with Gasteiger partial charge in [0.15, 0.2) is 4.80 Å². The number of rotatable bonds is 5. The number of nitrogens with zero attached hydrogens (tertiary/aromatic N) is 2. The van der Waals surface area contributed by atoms with Crippen molar-refractivity contribution < 1.29 is 4.79 Å². The molecule has 5 fully saturated rings. The van der Waals surface area contributed by atoms with Crippen LogP contribution in [0.2, 0.25) is 0 Å². The van der Waals surface area contributed by atoms with Gasteiger partial charge in [-0.1, -0.05) is 25.7 Å². The molecule has 5 aliphatic rings. The summed E-state index contributed by atoms with van der Waals surface area (Å²) >= 11 is 1.76. The van der Waals surface area contributed by atoms with E-state index in [2.05, 4.69) is 22.2 Å². The fourth-order valence-electron chi connectivity index (χ4n) is 7.20. The molecule has 29 heavy (non-hydrogen) atoms. The first kappa shape index (κ1) is 19.8. The predicted octanol–water partition coefficient (Wildman–Crippen LogP) is 4.82. The quantitative estimate of drug-likeness (QED) is 0.689. The Morgan fingerprint density at radius 1 is 1.10 bits per heavy atom. The van der Waals surface area contributed by atoms with Gasteiger partial charge in [0.1, 0.15) is 0 Å². The van der Waals surface area contributed by atoms with E-state index < -0.39 is 0 Å². The zero-order chi connectivity index (χ0) is 19.8. The zero-order valence-electron chi connectivity index (χ0n) is 18.0. The van der Waals surface area contributed by atoms with Crippen LogP contribution in [0.1, 0.15) is 89.7 Å². The van der Waals surface area contributed by atoms with Crippen molar-refractivity contribution >= 4 is 17.2 Å². The first-order chi connectivity index (χ1) is 14.1. The Balaban J connectivity index is 1.31. The Morgan fingerprint density at radius 3 is 2.31 bits per heavy atom. The van der Waals surface area contributed by atoms with E-state index in [0.29, 0.717) is 12.5 Å². The largest absolute Gasteiger partial charge is 0.353 e. The first-order valence-electron chi connectivity index (χ1n) is 12.1. The van der Waals surface area contributed by atoms with Crippen molar-refractivity contribution in [1.29, 1.82) is 0 Å². The highest BCUT2D eigenvalue weighted by atomic mass is 32.1. The van der Waals surface area contributed by atoms with Crippen molar-refractivity contribution in [1.82, 2.24) is 9.88 Å². The summed E-state index contributed by atoms with van der Waals surface area (Å²) in [7, 11) is 0. The van der Waals surface area contributed by atoms with Gasteiger partial charge < -0.3 is 9.88 Å². The Hall–Kier alpha value is -1.10. The summed E-state index contributed by atoms with van der Waals surface area (Å²) in [5, 5.41) is 5.51. The van der Waals surface area contributed by atoms with Gasteiger partial charge in [0.05, 0.1) is 12.0 Å². The van der Waals surface area contributed by atoms with Crippen LogP contribution in [0.15, 0.2) is 10.4 Å². The van der Waals surface area contributed by atoms with Crippen LogP contribution in [0.3, 0.4) is 0 Å². The highest BCUT2D eigenvalue weighted by Gasteiger charge is 2.51. The van der Waals surface area contributed by atoms with E-state index in [1.165, 1.54) is 64.2 Å². The molecule has 5 saturated carbocycles. The molecule has 1 amide bonds. The standard InChI is InChI=1S/C24H37N3OS/c1-2-27-21(12-22(28)25-20-7-5-3-4-6-8-20)16-29-23(27)26-24-13-17-9-18(14-24)11-19(10-17)15-24/h16-20H,2-15H2,1H3,(H,25,28). The van der Waals surface area contributed by atoms with Gasteiger partial charge in [0.25, 0.3) is 0 Å². The molecule has 1 aromatic heterocycles. The fourth-order valence-corrected chi connectivity index (χ4v) is 8.28. The molecular weight excluding hydrogens is 378 g/mol. The monoisotopic (exact) mass is 415 g/mol. The number of thiazole rings is 1. The molecule has 0 aromatic carbocycles. The maximum absolute atomic E-state index is 12.7. The van der Waals surface area contributed by atoms with Gasteiger partial charge >= 0.3 is 0 Å². The molecule has 1 heterocycles. The molecule has 0 aliphatic heterocycles. The van der Waals surface area contributed by atoms with E-state index in [1.54, 1.807) is 11.3 Å². The first-order valence-corrected chi connectivity index (χ1v) is 13.0. The average molecular weight is 416 g/mol. The molecule has 1 aromatic rings. The molecule has 4 nitrogen and oxygen atoms in total. The molecule has 0 unspecified atom stereocenters. The van der Waals surface area contributed by atoms with Crippen LogP contribution in [0.5, 0.6) is 0 Å². The summed E-state index contributed by atoms with van der Waals surface area (Å²) in [6.45, 7) is 3.10. The van der Waals surface area contributed by atoms with E-state index in [1.807, 2.05) is 0 Å². The number of amides is 1. The predicted molar refractivity (Wildman–Crippen MR) is 118 cm³/mol. The summed E-state index contributed by atoms with van der Waals surface area (Å²) in [4.78, 5) is 19.3. The highest BCUT2D eigenvalue weighted by molar-refractivity contribution is 7.07. The van der Waals surface area contributed by atoms with Gasteiger partial charge in [0, 0.05) is 23.7 Å². The second-order valence-electron chi connectivity index (χ2n) is 10.4. The minimum Gasteiger partial charge on any atom is -0.353 e. The maximum atomic E-state index is 12.7. The van der Waals surface area contributed by atoms with Crippen LogP contribution in [0.4, 0.5) is 0 Å². The summed E-state index contributed by atoms with van der Waals surface area (Å²) < 4.78 is 2.32. The average Bonchev–Trinajstić information content (AvgIpc) is 2.86. The topological polar surface area (TPSA) is 46.4 Å². The van der Waals surface area contributed by atoms with Gasteiger partial charge in [-0.15, -0.1) is 11.3 Å². The van der Waals surface area contributed by atoms with E-state index in [9.17, 15) is 4.79 Å². The third-order valence-corrected chi connectivity index (χ3v) is 9.01. The summed E-state index contributed by atoms with van der Waals surface area (Å²) in [6.07, 6.45) is 16.2. The fraction of sp³-hybridized carbons (Fsp3) is 0.833. The van der Waals surface area contributed by atoms with E-state index in [0.717, 1.165) is 47.6 Å². The molecule has 0 saturated heterocycles. The van der Waals surface area contributed by atoms with Crippen molar-refractivity contribution in [2.45, 2.75) is 109 Å². The van der Waals surface area contributed by atoms with Crippen molar-refractivity contribution in [3.8, 4) is 0 Å². The van der Waals surface area contributed by atoms with Crippen LogP contribution in [-0.2, 0) is 17.8 Å². The minimum atomic E-state index is 0.193. The SMILES string of the molecule is CCn1c(CC(=O)NC2CCCCCC2)csc1=NC12CC3CC(CC(C3)C1)C2. The normalized spacial score (nSPS) is 35.1. The Bertz CT molecular complexity index is 764. The minimum absolute atomic E-state index is 0.193. The van der Waals surface area contributed by atoms with Gasteiger partial charge in [-0.2, -0.15) is 0 Å². The molecule has 5 aliphatic carbocycles. The van der Waals surface area contributed by atoms with Gasteiger partial charge in [-0.05, 0) is 76.0 Å². The molecule has 6 rings (SSSR count). The molecule has 0 atom stereocenters. The lowest BCUT2D eigenvalue weighted by atomic mass is 9.53. The summed E-state index contributed by atoms with van der Waals surface area (Å²) in [5.41, 5.74) is 1.35. The number of carbonyl (C=O) groups excluding carboxylic acids is 1. The lowest BCUT2D eigenvalue weighted by Gasteiger charge is -2.54. The number of hydrogen-bond donors (Lipinski definition) is 1. The Morgan fingerprint density at radius 2 is 1.72 bits per heavy atom. The highest BCUT2D eigenvalue weighted by Crippen LogP contribution is 2.57. The molecule has 4 bridgehead atoms. The molecular formula is C24H37N3OS. The third-order valence-electron chi connectivity index (χ3n) is 8.09. The van der Waals surface area contributed by atoms with Crippen LogP contribution in [-0.4, -0.2) is 22.1 Å². The zero-order valence-corrected chi connectivity index (χ0v) is 18.8. The summed E-state index contributed by atoms with van der Waals surface area (Å²) in [5.74, 6) is 2.96. The van der Waals surface area contributed by atoms with Crippen molar-refractivity contribution in [2.75, 3.05) is 0 Å². The van der Waals surface area contributed by atoms with E-state index in [-0.39, 0.29) is 11.4 Å². The molecule has 0 spiro atoms. The van der Waals surface area contributed by atoms with Crippen LogP contribution in [0.25, 0.3) is 0 Å². The molecule has 5 heteroatoms. The number of carbonyl (C=O) groups is 1. The van der Waals surface area contributed by atoms with Crippen molar-refractivity contribution in [3.05, 3.63) is 15.9 Å². The lowest BCUT2D eigenvalue weighted by molar-refractivity contribution is -0.121. The number of aromatic nitrogens is 1. The summed E-state index contributed by atoms with van der Waals surface area (Å²) in [6, 6.07) is 0.384. The van der Waals surface area contributed by atoms with Gasteiger partial charge in [-0.3, -0.25) is 9.79 Å². The van der Waals surface area contributed by atoms with Gasteiger partial charge in [-0.25, -0.2) is 0 Å². The maximum Gasteiger partial charge on any atom is 0.226 e. The van der Waals surface area contributed by atoms with Gasteiger partial charge in [0.2, 0.25) is 5.91 Å².